The molecular weight excluding hydrogens is 338 g/mol. The quantitative estimate of drug-likeness (QED) is 0.696. The number of ether oxygens (including phenoxy) is 1. The number of nitrogens with one attached hydrogen (secondary N) is 1. The molecule has 1 aromatic carbocycles. The number of hydrogen-bond acceptors (Lipinski definition) is 3. The number of carbonyl (C=O) groups excluding carboxylic acids is 2. The van der Waals surface area contributed by atoms with Gasteiger partial charge >= 0.3 is 5.97 Å². The van der Waals surface area contributed by atoms with Gasteiger partial charge in [-0.05, 0) is 54.6 Å². The number of benzene rings is 1. The molecular formula is C23H35NO3. The van der Waals surface area contributed by atoms with Crippen molar-refractivity contribution in [2.75, 3.05) is 13.7 Å². The van der Waals surface area contributed by atoms with Crippen molar-refractivity contribution in [2.45, 2.75) is 59.3 Å². The van der Waals surface area contributed by atoms with Crippen LogP contribution in [0.3, 0.4) is 0 Å². The summed E-state index contributed by atoms with van der Waals surface area (Å²) in [5.74, 6) is 1.84. The van der Waals surface area contributed by atoms with E-state index < -0.39 is 0 Å². The second kappa shape index (κ2) is 10.5. The molecule has 1 saturated carbocycles. The van der Waals surface area contributed by atoms with Gasteiger partial charge in [-0.3, -0.25) is 9.59 Å². The van der Waals surface area contributed by atoms with Crippen LogP contribution in [0.5, 0.6) is 0 Å². The Morgan fingerprint density at radius 3 is 2.44 bits per heavy atom. The van der Waals surface area contributed by atoms with E-state index in [1.165, 1.54) is 19.1 Å². The fourth-order valence-corrected chi connectivity index (χ4v) is 4.34. The minimum atomic E-state index is -0.191. The number of rotatable bonds is 8. The zero-order chi connectivity index (χ0) is 19.8. The Hall–Kier alpha value is -1.84. The first-order valence-corrected chi connectivity index (χ1v) is 10.3. The van der Waals surface area contributed by atoms with Gasteiger partial charge in [-0.2, -0.15) is 0 Å². The molecule has 1 aliphatic carbocycles. The largest absolute Gasteiger partial charge is 0.469 e. The van der Waals surface area contributed by atoms with Gasteiger partial charge in [0.05, 0.1) is 7.11 Å². The number of amides is 1. The second-order valence-electron chi connectivity index (χ2n) is 8.32. The predicted molar refractivity (Wildman–Crippen MR) is 108 cm³/mol. The van der Waals surface area contributed by atoms with Crippen molar-refractivity contribution in [3.05, 3.63) is 35.4 Å². The van der Waals surface area contributed by atoms with Crippen molar-refractivity contribution in [1.82, 2.24) is 5.32 Å². The van der Waals surface area contributed by atoms with Crippen molar-refractivity contribution in [3.8, 4) is 0 Å². The summed E-state index contributed by atoms with van der Waals surface area (Å²) in [4.78, 5) is 24.2. The molecule has 0 aromatic heterocycles. The second-order valence-corrected chi connectivity index (χ2v) is 8.32. The molecule has 4 nitrogen and oxygen atoms in total. The summed E-state index contributed by atoms with van der Waals surface area (Å²) in [5.41, 5.74) is 2.35. The monoisotopic (exact) mass is 373 g/mol. The minimum Gasteiger partial charge on any atom is -0.469 e. The maximum absolute atomic E-state index is 12.8. The molecule has 0 bridgehead atoms. The summed E-state index contributed by atoms with van der Waals surface area (Å²) in [7, 11) is 1.42. The summed E-state index contributed by atoms with van der Waals surface area (Å²) in [5, 5.41) is 3.18. The van der Waals surface area contributed by atoms with Crippen molar-refractivity contribution < 1.29 is 14.3 Å². The Kier molecular flexibility index (Phi) is 8.33. The average Bonchev–Trinajstić information content (AvgIpc) is 2.66. The van der Waals surface area contributed by atoms with Crippen molar-refractivity contribution >= 4 is 11.9 Å². The molecule has 1 amide bonds. The SMILES string of the molecule is COC(=O)CCc1ccccc1CCNC(=O)[C@@H]1CC(C)CC[C@H]1C(C)C. The Labute approximate surface area is 164 Å². The number of carbonyl (C=O) groups is 2. The van der Waals surface area contributed by atoms with E-state index in [0.29, 0.717) is 37.1 Å². The lowest BCUT2D eigenvalue weighted by molar-refractivity contribution is -0.140. The van der Waals surface area contributed by atoms with E-state index in [4.69, 9.17) is 4.74 Å². The van der Waals surface area contributed by atoms with E-state index in [0.717, 1.165) is 24.8 Å². The Morgan fingerprint density at radius 1 is 1.15 bits per heavy atom. The van der Waals surface area contributed by atoms with Crippen LogP contribution >= 0.6 is 0 Å². The maximum Gasteiger partial charge on any atom is 0.305 e. The van der Waals surface area contributed by atoms with E-state index >= 15 is 0 Å². The molecule has 1 fully saturated rings. The number of methoxy groups -OCH3 is 1. The maximum atomic E-state index is 12.8. The topological polar surface area (TPSA) is 55.4 Å². The molecule has 3 atom stereocenters. The van der Waals surface area contributed by atoms with Crippen LogP contribution in [-0.2, 0) is 27.2 Å². The van der Waals surface area contributed by atoms with Crippen LogP contribution in [0.2, 0.25) is 0 Å². The summed E-state index contributed by atoms with van der Waals surface area (Å²) >= 11 is 0. The van der Waals surface area contributed by atoms with Crippen LogP contribution in [0.4, 0.5) is 0 Å². The first-order valence-electron chi connectivity index (χ1n) is 10.3. The summed E-state index contributed by atoms with van der Waals surface area (Å²) < 4.78 is 4.73. The molecule has 1 N–H and O–H groups in total. The molecule has 0 aliphatic heterocycles. The highest BCUT2D eigenvalue weighted by Gasteiger charge is 2.35. The molecule has 0 saturated heterocycles. The van der Waals surface area contributed by atoms with Gasteiger partial charge in [0.15, 0.2) is 0 Å². The third kappa shape index (κ3) is 6.37. The van der Waals surface area contributed by atoms with Gasteiger partial charge in [-0.1, -0.05) is 51.5 Å². The van der Waals surface area contributed by atoms with Crippen molar-refractivity contribution in [3.63, 3.8) is 0 Å². The van der Waals surface area contributed by atoms with E-state index in [9.17, 15) is 9.59 Å². The van der Waals surface area contributed by atoms with Gasteiger partial charge < -0.3 is 10.1 Å². The van der Waals surface area contributed by atoms with E-state index in [-0.39, 0.29) is 17.8 Å². The molecule has 0 heterocycles. The van der Waals surface area contributed by atoms with Crippen LogP contribution in [0.1, 0.15) is 57.6 Å². The summed E-state index contributed by atoms with van der Waals surface area (Å²) in [6.07, 6.45) is 5.25. The smallest absolute Gasteiger partial charge is 0.305 e. The molecule has 150 valence electrons. The van der Waals surface area contributed by atoms with Crippen LogP contribution in [0.15, 0.2) is 24.3 Å². The molecule has 1 unspecified atom stereocenters. The first kappa shape index (κ1) is 21.5. The Morgan fingerprint density at radius 2 is 1.81 bits per heavy atom. The lowest BCUT2D eigenvalue weighted by Crippen LogP contribution is -2.40. The molecule has 1 aromatic rings. The van der Waals surface area contributed by atoms with Crippen LogP contribution in [0.25, 0.3) is 0 Å². The standard InChI is InChI=1S/C23H35NO3/c1-16(2)20-11-9-17(3)15-21(20)23(26)24-14-13-19-8-6-5-7-18(19)10-12-22(25)27-4/h5-8,16-17,20-21H,9-15H2,1-4H3,(H,24,26)/t17?,20-,21+/m0/s1. The van der Waals surface area contributed by atoms with E-state index in [1.54, 1.807) is 0 Å². The van der Waals surface area contributed by atoms with Crippen molar-refractivity contribution in [2.24, 2.45) is 23.7 Å². The lowest BCUT2D eigenvalue weighted by atomic mass is 9.70. The zero-order valence-electron chi connectivity index (χ0n) is 17.3. The normalized spacial score (nSPS) is 22.5. The molecule has 4 heteroatoms. The average molecular weight is 374 g/mol. The number of hydrogen-bond donors (Lipinski definition) is 1. The molecule has 0 radical (unpaired) electrons. The lowest BCUT2D eigenvalue weighted by Gasteiger charge is -2.36. The molecule has 0 spiro atoms. The van der Waals surface area contributed by atoms with Crippen LogP contribution in [-0.4, -0.2) is 25.5 Å². The third-order valence-corrected chi connectivity index (χ3v) is 6.00. The molecule has 2 rings (SSSR count). The van der Waals surface area contributed by atoms with Gasteiger partial charge in [0, 0.05) is 18.9 Å². The molecule has 1 aliphatic rings. The zero-order valence-corrected chi connectivity index (χ0v) is 17.3. The van der Waals surface area contributed by atoms with Gasteiger partial charge in [0.25, 0.3) is 0 Å². The van der Waals surface area contributed by atoms with E-state index in [1.807, 2.05) is 12.1 Å². The fourth-order valence-electron chi connectivity index (χ4n) is 4.34. The Balaban J connectivity index is 1.90. The highest BCUT2D eigenvalue weighted by Crippen LogP contribution is 2.38. The van der Waals surface area contributed by atoms with Crippen LogP contribution in [0, 0.1) is 23.7 Å². The van der Waals surface area contributed by atoms with Gasteiger partial charge in [0.1, 0.15) is 0 Å². The van der Waals surface area contributed by atoms with Gasteiger partial charge in [-0.15, -0.1) is 0 Å². The van der Waals surface area contributed by atoms with Gasteiger partial charge in [0.2, 0.25) is 5.91 Å². The highest BCUT2D eigenvalue weighted by atomic mass is 16.5. The summed E-state index contributed by atoms with van der Waals surface area (Å²) in [6.45, 7) is 7.37. The van der Waals surface area contributed by atoms with E-state index in [2.05, 4.69) is 38.2 Å². The fraction of sp³-hybridized carbons (Fsp3) is 0.652. The number of esters is 1. The van der Waals surface area contributed by atoms with Crippen molar-refractivity contribution in [1.29, 1.82) is 0 Å². The third-order valence-electron chi connectivity index (χ3n) is 6.00. The predicted octanol–water partition coefficient (Wildman–Crippen LogP) is 4.16. The van der Waals surface area contributed by atoms with Crippen LogP contribution < -0.4 is 5.32 Å². The first-order chi connectivity index (χ1) is 12.9. The highest BCUT2D eigenvalue weighted by molar-refractivity contribution is 5.79. The minimum absolute atomic E-state index is 0.142. The summed E-state index contributed by atoms with van der Waals surface area (Å²) in [6, 6.07) is 8.14. The van der Waals surface area contributed by atoms with Gasteiger partial charge in [-0.25, -0.2) is 0 Å². The Bertz CT molecular complexity index is 626. The molecule has 27 heavy (non-hydrogen) atoms. The number of aryl methyl sites for hydroxylation is 1.